The van der Waals surface area contributed by atoms with Gasteiger partial charge < -0.3 is 30.2 Å². The molecule has 1 aromatic heterocycles. The highest BCUT2D eigenvalue weighted by molar-refractivity contribution is 6.07. The molecule has 0 aliphatic carbocycles. The minimum atomic E-state index is -1.79. The van der Waals surface area contributed by atoms with E-state index in [0.29, 0.717) is 29.1 Å². The van der Waals surface area contributed by atoms with Crippen LogP contribution in [-0.4, -0.2) is 40.7 Å². The number of ether oxygens (including phenoxy) is 1. The van der Waals surface area contributed by atoms with Gasteiger partial charge >= 0.3 is 0 Å². The highest BCUT2D eigenvalue weighted by Gasteiger charge is 2.52. The molecule has 0 radical (unpaired) electrons. The van der Waals surface area contributed by atoms with Gasteiger partial charge in [-0.2, -0.15) is 0 Å². The first-order valence-electron chi connectivity index (χ1n) is 13.3. The van der Waals surface area contributed by atoms with Gasteiger partial charge in [-0.3, -0.25) is 9.59 Å². The summed E-state index contributed by atoms with van der Waals surface area (Å²) in [4.78, 5) is 31.4. The van der Waals surface area contributed by atoms with E-state index < -0.39 is 17.4 Å². The lowest BCUT2D eigenvalue weighted by Gasteiger charge is -2.28. The zero-order valence-corrected chi connectivity index (χ0v) is 22.6. The van der Waals surface area contributed by atoms with Gasteiger partial charge in [-0.25, -0.2) is 0 Å². The van der Waals surface area contributed by atoms with Gasteiger partial charge in [-0.15, -0.1) is 0 Å². The van der Waals surface area contributed by atoms with Crippen LogP contribution in [0.4, 0.5) is 11.4 Å². The molecule has 2 atom stereocenters. The van der Waals surface area contributed by atoms with Crippen LogP contribution in [0.15, 0.2) is 85.1 Å². The van der Waals surface area contributed by atoms with Gasteiger partial charge in [-0.05, 0) is 53.9 Å². The number of rotatable bonds is 10. The summed E-state index contributed by atoms with van der Waals surface area (Å²) in [6.07, 6.45) is 6.03. The lowest BCUT2D eigenvalue weighted by atomic mass is 9.83. The van der Waals surface area contributed by atoms with Crippen LogP contribution >= 0.6 is 0 Å². The quantitative estimate of drug-likeness (QED) is 0.219. The number of hydrogen-bond acceptors (Lipinski definition) is 5. The van der Waals surface area contributed by atoms with Crippen LogP contribution < -0.4 is 15.0 Å². The SMILES string of the molecule is COc1ccc2c(c1)[C@@](O)([C@H](C)/C=C/CCO)C(=O)N2Cc1cccc(NC(=O)Cc2c[nH]c3ccccc23)c1. The van der Waals surface area contributed by atoms with Crippen molar-refractivity contribution in [1.82, 2.24) is 4.98 Å². The summed E-state index contributed by atoms with van der Waals surface area (Å²) in [7, 11) is 1.54. The number of methoxy groups -OCH3 is 1. The predicted molar refractivity (Wildman–Crippen MR) is 155 cm³/mol. The molecule has 0 saturated carbocycles. The number of anilines is 2. The number of carbonyl (C=O) groups excluding carboxylic acids is 2. The fourth-order valence-corrected chi connectivity index (χ4v) is 5.31. The lowest BCUT2D eigenvalue weighted by molar-refractivity contribution is -0.139. The lowest BCUT2D eigenvalue weighted by Crippen LogP contribution is -2.44. The first-order valence-corrected chi connectivity index (χ1v) is 13.3. The molecule has 8 nitrogen and oxygen atoms in total. The molecular formula is C32H33N3O5. The van der Waals surface area contributed by atoms with Gasteiger partial charge in [-0.1, -0.05) is 49.4 Å². The van der Waals surface area contributed by atoms with Gasteiger partial charge in [0.1, 0.15) is 5.75 Å². The first kappa shape index (κ1) is 27.2. The molecule has 4 N–H and O–H groups in total. The van der Waals surface area contributed by atoms with Crippen molar-refractivity contribution in [3.8, 4) is 5.75 Å². The van der Waals surface area contributed by atoms with Gasteiger partial charge in [0.2, 0.25) is 5.91 Å². The number of H-pyrrole nitrogens is 1. The Morgan fingerprint density at radius 3 is 2.77 bits per heavy atom. The number of fused-ring (bicyclic) bond motifs is 2. The maximum Gasteiger partial charge on any atom is 0.264 e. The van der Waals surface area contributed by atoms with E-state index in [1.807, 2.05) is 54.7 Å². The monoisotopic (exact) mass is 539 g/mol. The second kappa shape index (κ2) is 11.4. The standard InChI is InChI=1S/C32H33N3O5/c1-21(8-5-6-15-36)32(39)27-18-25(40-2)13-14-29(27)35(31(32)38)20-22-9-7-10-24(16-22)34-30(37)17-23-19-33-28-12-4-3-11-26(23)28/h3-5,7-14,16,18-19,21,33,36,39H,6,15,17,20H2,1-2H3,(H,34,37)/b8-5+/t21-,32+/m1/s1. The van der Waals surface area contributed by atoms with Crippen molar-refractivity contribution < 1.29 is 24.5 Å². The summed E-state index contributed by atoms with van der Waals surface area (Å²) < 4.78 is 5.38. The molecule has 0 fully saturated rings. The van der Waals surface area contributed by atoms with Gasteiger partial charge in [0.15, 0.2) is 5.60 Å². The Morgan fingerprint density at radius 1 is 1.15 bits per heavy atom. The molecule has 8 heteroatoms. The van der Waals surface area contributed by atoms with Crippen LogP contribution in [-0.2, 0) is 28.2 Å². The minimum Gasteiger partial charge on any atom is -0.497 e. The van der Waals surface area contributed by atoms with E-state index in [-0.39, 0.29) is 25.5 Å². The molecule has 1 aliphatic heterocycles. The first-order chi connectivity index (χ1) is 19.3. The zero-order chi connectivity index (χ0) is 28.3. The summed E-state index contributed by atoms with van der Waals surface area (Å²) in [5.74, 6) is -0.587. The number of amides is 2. The second-order valence-corrected chi connectivity index (χ2v) is 10.1. The van der Waals surface area contributed by atoms with Crippen molar-refractivity contribution in [2.75, 3.05) is 23.9 Å². The summed E-state index contributed by atoms with van der Waals surface area (Å²) in [5, 5.41) is 24.9. The van der Waals surface area contributed by atoms with Crippen molar-refractivity contribution in [1.29, 1.82) is 0 Å². The molecule has 5 rings (SSSR count). The van der Waals surface area contributed by atoms with Crippen molar-refractivity contribution in [2.45, 2.75) is 31.9 Å². The van der Waals surface area contributed by atoms with Crippen LogP contribution in [0.3, 0.4) is 0 Å². The smallest absolute Gasteiger partial charge is 0.264 e. The molecule has 3 aromatic carbocycles. The van der Waals surface area contributed by atoms with Crippen LogP contribution in [0.25, 0.3) is 10.9 Å². The molecular weight excluding hydrogens is 506 g/mol. The number of aliphatic hydroxyl groups is 2. The average Bonchev–Trinajstić information content (AvgIpc) is 3.46. The minimum absolute atomic E-state index is 0.0131. The van der Waals surface area contributed by atoms with Crippen molar-refractivity contribution in [2.24, 2.45) is 5.92 Å². The Balaban J connectivity index is 1.36. The third-order valence-corrected chi connectivity index (χ3v) is 7.43. The van der Waals surface area contributed by atoms with Crippen LogP contribution in [0.2, 0.25) is 0 Å². The molecule has 0 spiro atoms. The van der Waals surface area contributed by atoms with Crippen LogP contribution in [0.5, 0.6) is 5.75 Å². The number of carbonyl (C=O) groups is 2. The highest BCUT2D eigenvalue weighted by atomic mass is 16.5. The fourth-order valence-electron chi connectivity index (χ4n) is 5.31. The number of aromatic amines is 1. The van der Waals surface area contributed by atoms with E-state index in [2.05, 4.69) is 10.3 Å². The molecule has 40 heavy (non-hydrogen) atoms. The molecule has 206 valence electrons. The summed E-state index contributed by atoms with van der Waals surface area (Å²) in [6.45, 7) is 1.98. The molecule has 1 aliphatic rings. The maximum atomic E-state index is 13.8. The highest BCUT2D eigenvalue weighted by Crippen LogP contribution is 2.47. The normalized spacial score (nSPS) is 17.4. The molecule has 0 saturated heterocycles. The zero-order valence-electron chi connectivity index (χ0n) is 22.6. The van der Waals surface area contributed by atoms with E-state index in [1.165, 1.54) is 7.11 Å². The number of benzene rings is 3. The fraction of sp³-hybridized carbons (Fsp3) is 0.250. The third-order valence-electron chi connectivity index (χ3n) is 7.43. The Hall–Kier alpha value is -4.40. The third kappa shape index (κ3) is 5.11. The van der Waals surface area contributed by atoms with Crippen molar-refractivity contribution in [3.63, 3.8) is 0 Å². The number of para-hydroxylation sites is 1. The van der Waals surface area contributed by atoms with Crippen molar-refractivity contribution >= 4 is 34.1 Å². The predicted octanol–water partition coefficient (Wildman–Crippen LogP) is 4.67. The Bertz CT molecular complexity index is 1580. The molecule has 2 amide bonds. The Labute approximate surface area is 232 Å². The number of nitrogens with zero attached hydrogens (tertiary/aromatic N) is 1. The molecule has 4 aromatic rings. The van der Waals surface area contributed by atoms with Gasteiger partial charge in [0.25, 0.3) is 5.91 Å². The summed E-state index contributed by atoms with van der Waals surface area (Å²) in [5.41, 5.74) is 2.61. The van der Waals surface area contributed by atoms with E-state index in [0.717, 1.165) is 22.0 Å². The average molecular weight is 540 g/mol. The van der Waals surface area contributed by atoms with E-state index >= 15 is 0 Å². The number of nitrogens with one attached hydrogen (secondary N) is 2. The number of hydrogen-bond donors (Lipinski definition) is 4. The largest absolute Gasteiger partial charge is 0.497 e. The van der Waals surface area contributed by atoms with Gasteiger partial charge in [0, 0.05) is 40.9 Å². The number of aromatic nitrogens is 1. The van der Waals surface area contributed by atoms with E-state index in [1.54, 1.807) is 42.2 Å². The molecule has 2 heterocycles. The Kier molecular flexibility index (Phi) is 7.73. The van der Waals surface area contributed by atoms with Crippen LogP contribution in [0.1, 0.15) is 30.0 Å². The van der Waals surface area contributed by atoms with E-state index in [9.17, 15) is 14.7 Å². The van der Waals surface area contributed by atoms with E-state index in [4.69, 9.17) is 9.84 Å². The number of aliphatic hydroxyl groups excluding tert-OH is 1. The molecule has 0 unspecified atom stereocenters. The summed E-state index contributed by atoms with van der Waals surface area (Å²) >= 11 is 0. The van der Waals surface area contributed by atoms with Crippen LogP contribution in [0, 0.1) is 5.92 Å². The van der Waals surface area contributed by atoms with Crippen molar-refractivity contribution in [3.05, 3.63) is 102 Å². The topological polar surface area (TPSA) is 115 Å². The Morgan fingerprint density at radius 2 is 1.98 bits per heavy atom. The maximum absolute atomic E-state index is 13.8. The van der Waals surface area contributed by atoms with Gasteiger partial charge in [0.05, 0.1) is 25.8 Å². The summed E-state index contributed by atoms with van der Waals surface area (Å²) in [6, 6.07) is 20.5. The molecule has 0 bridgehead atoms. The second-order valence-electron chi connectivity index (χ2n) is 10.1.